The third-order valence-corrected chi connectivity index (χ3v) is 2.24. The van der Waals surface area contributed by atoms with Crippen molar-refractivity contribution in [3.05, 3.63) is 52.9 Å². The van der Waals surface area contributed by atoms with Gasteiger partial charge in [-0.1, -0.05) is 29.8 Å². The summed E-state index contributed by atoms with van der Waals surface area (Å²) in [6.45, 7) is 0. The molecule has 3 nitrogen and oxygen atoms in total. The summed E-state index contributed by atoms with van der Waals surface area (Å²) in [5.41, 5.74) is 7.33. The Kier molecular flexibility index (Phi) is 3.17. The van der Waals surface area contributed by atoms with Gasteiger partial charge >= 0.3 is 0 Å². The van der Waals surface area contributed by atoms with Crippen LogP contribution in [-0.4, -0.2) is 9.97 Å². The van der Waals surface area contributed by atoms with Crippen molar-refractivity contribution in [1.82, 2.24) is 9.97 Å². The Morgan fingerprint density at radius 2 is 2.00 bits per heavy atom. The van der Waals surface area contributed by atoms with E-state index in [1.54, 1.807) is 6.07 Å². The Bertz CT molecular complexity index is 476. The standard InChI is InChI=1S/C12H10ClN3/c13-10-3-1-2-9(6-10)4-5-11-7-12(14)16-8-15-11/h1-8H,(H2,14,15,16)/b5-4+. The van der Waals surface area contributed by atoms with Crippen molar-refractivity contribution in [3.63, 3.8) is 0 Å². The highest BCUT2D eigenvalue weighted by Crippen LogP contribution is 2.13. The number of aromatic nitrogens is 2. The van der Waals surface area contributed by atoms with Gasteiger partial charge in [0.05, 0.1) is 5.69 Å². The average molecular weight is 232 g/mol. The summed E-state index contributed by atoms with van der Waals surface area (Å²) in [5, 5.41) is 0.712. The molecular formula is C12H10ClN3. The summed E-state index contributed by atoms with van der Waals surface area (Å²) in [4.78, 5) is 7.89. The van der Waals surface area contributed by atoms with Crippen LogP contribution in [-0.2, 0) is 0 Å². The summed E-state index contributed by atoms with van der Waals surface area (Å²) >= 11 is 5.87. The summed E-state index contributed by atoms with van der Waals surface area (Å²) in [6, 6.07) is 9.29. The fraction of sp³-hybridized carbons (Fsp3) is 0. The van der Waals surface area contributed by atoms with Crippen LogP contribution in [0.25, 0.3) is 12.2 Å². The molecule has 1 heterocycles. The maximum atomic E-state index is 5.87. The highest BCUT2D eigenvalue weighted by atomic mass is 35.5. The largest absolute Gasteiger partial charge is 0.384 e. The normalized spacial score (nSPS) is 10.8. The third kappa shape index (κ3) is 2.81. The number of nitrogens with zero attached hydrogens (tertiary/aromatic N) is 2. The van der Waals surface area contributed by atoms with Crippen LogP contribution in [0.4, 0.5) is 5.82 Å². The number of halogens is 1. The van der Waals surface area contributed by atoms with Crippen molar-refractivity contribution < 1.29 is 0 Å². The zero-order valence-corrected chi connectivity index (χ0v) is 9.22. The molecule has 0 spiro atoms. The lowest BCUT2D eigenvalue weighted by Gasteiger charge is -1.95. The van der Waals surface area contributed by atoms with Gasteiger partial charge < -0.3 is 5.73 Å². The topological polar surface area (TPSA) is 51.8 Å². The van der Waals surface area contributed by atoms with E-state index >= 15 is 0 Å². The van der Waals surface area contributed by atoms with Gasteiger partial charge in [0.15, 0.2) is 0 Å². The molecule has 2 aromatic rings. The monoisotopic (exact) mass is 231 g/mol. The zero-order chi connectivity index (χ0) is 11.4. The summed E-state index contributed by atoms with van der Waals surface area (Å²) < 4.78 is 0. The molecule has 0 fully saturated rings. The number of hydrogen-bond donors (Lipinski definition) is 1. The van der Waals surface area contributed by atoms with E-state index in [4.69, 9.17) is 17.3 Å². The van der Waals surface area contributed by atoms with Gasteiger partial charge in [0.2, 0.25) is 0 Å². The quantitative estimate of drug-likeness (QED) is 0.865. The van der Waals surface area contributed by atoms with Crippen molar-refractivity contribution in [3.8, 4) is 0 Å². The first kappa shape index (κ1) is 10.6. The number of benzene rings is 1. The molecule has 16 heavy (non-hydrogen) atoms. The third-order valence-electron chi connectivity index (χ3n) is 2.00. The van der Waals surface area contributed by atoms with E-state index in [2.05, 4.69) is 9.97 Å². The SMILES string of the molecule is Nc1cc(/C=C/c2cccc(Cl)c2)ncn1. The van der Waals surface area contributed by atoms with Crippen LogP contribution < -0.4 is 5.73 Å². The molecule has 2 rings (SSSR count). The van der Waals surface area contributed by atoms with Crippen LogP contribution in [0.3, 0.4) is 0 Å². The second kappa shape index (κ2) is 4.77. The van der Waals surface area contributed by atoms with E-state index in [-0.39, 0.29) is 0 Å². The van der Waals surface area contributed by atoms with Crippen LogP contribution in [0.15, 0.2) is 36.7 Å². The summed E-state index contributed by atoms with van der Waals surface area (Å²) in [7, 11) is 0. The second-order valence-corrected chi connectivity index (χ2v) is 3.69. The zero-order valence-electron chi connectivity index (χ0n) is 8.47. The van der Waals surface area contributed by atoms with Crippen LogP contribution >= 0.6 is 11.6 Å². The highest BCUT2D eigenvalue weighted by molar-refractivity contribution is 6.30. The Morgan fingerprint density at radius 3 is 2.75 bits per heavy atom. The van der Waals surface area contributed by atoms with Crippen LogP contribution in [0.5, 0.6) is 0 Å². The maximum absolute atomic E-state index is 5.87. The minimum absolute atomic E-state index is 0.459. The van der Waals surface area contributed by atoms with E-state index in [1.807, 2.05) is 36.4 Å². The van der Waals surface area contributed by atoms with Gasteiger partial charge in [-0.25, -0.2) is 9.97 Å². The Morgan fingerprint density at radius 1 is 1.12 bits per heavy atom. The molecule has 1 aromatic carbocycles. The van der Waals surface area contributed by atoms with Crippen molar-refractivity contribution in [2.24, 2.45) is 0 Å². The minimum Gasteiger partial charge on any atom is -0.384 e. The molecule has 4 heteroatoms. The van der Waals surface area contributed by atoms with Crippen LogP contribution in [0.2, 0.25) is 5.02 Å². The molecule has 80 valence electrons. The fourth-order valence-electron chi connectivity index (χ4n) is 1.27. The molecule has 0 atom stereocenters. The Labute approximate surface area is 98.6 Å². The molecule has 0 aliphatic rings. The van der Waals surface area contributed by atoms with Gasteiger partial charge in [-0.2, -0.15) is 0 Å². The lowest BCUT2D eigenvalue weighted by atomic mass is 10.2. The molecule has 0 aliphatic carbocycles. The predicted octanol–water partition coefficient (Wildman–Crippen LogP) is 2.88. The van der Waals surface area contributed by atoms with Gasteiger partial charge in [-0.15, -0.1) is 0 Å². The van der Waals surface area contributed by atoms with E-state index in [0.717, 1.165) is 11.3 Å². The smallest absolute Gasteiger partial charge is 0.127 e. The number of nitrogens with two attached hydrogens (primary N) is 1. The molecule has 0 saturated carbocycles. The number of rotatable bonds is 2. The fourth-order valence-corrected chi connectivity index (χ4v) is 1.47. The second-order valence-electron chi connectivity index (χ2n) is 3.26. The lowest BCUT2D eigenvalue weighted by Crippen LogP contribution is -1.91. The molecule has 0 aliphatic heterocycles. The number of hydrogen-bond acceptors (Lipinski definition) is 3. The average Bonchev–Trinajstić information content (AvgIpc) is 2.27. The predicted molar refractivity (Wildman–Crippen MR) is 66.8 cm³/mol. The van der Waals surface area contributed by atoms with Crippen molar-refractivity contribution in [1.29, 1.82) is 0 Å². The first-order valence-electron chi connectivity index (χ1n) is 4.75. The summed E-state index contributed by atoms with van der Waals surface area (Å²) in [6.07, 6.45) is 5.23. The molecule has 0 amide bonds. The van der Waals surface area contributed by atoms with Crippen LogP contribution in [0.1, 0.15) is 11.3 Å². The molecule has 0 bridgehead atoms. The van der Waals surface area contributed by atoms with E-state index in [9.17, 15) is 0 Å². The Balaban J connectivity index is 2.21. The van der Waals surface area contributed by atoms with Crippen molar-refractivity contribution in [2.45, 2.75) is 0 Å². The maximum Gasteiger partial charge on any atom is 0.127 e. The lowest BCUT2D eigenvalue weighted by molar-refractivity contribution is 1.16. The molecule has 1 aromatic heterocycles. The van der Waals surface area contributed by atoms with Gasteiger partial charge in [-0.05, 0) is 23.8 Å². The van der Waals surface area contributed by atoms with E-state index in [0.29, 0.717) is 10.8 Å². The van der Waals surface area contributed by atoms with Gasteiger partial charge in [0.1, 0.15) is 12.1 Å². The van der Waals surface area contributed by atoms with E-state index < -0.39 is 0 Å². The molecular weight excluding hydrogens is 222 g/mol. The van der Waals surface area contributed by atoms with Crippen molar-refractivity contribution >= 4 is 29.6 Å². The van der Waals surface area contributed by atoms with Gasteiger partial charge in [0, 0.05) is 11.1 Å². The van der Waals surface area contributed by atoms with Crippen molar-refractivity contribution in [2.75, 3.05) is 5.73 Å². The summed E-state index contributed by atoms with van der Waals surface area (Å²) in [5.74, 6) is 0.459. The molecule has 0 unspecified atom stereocenters. The first-order valence-corrected chi connectivity index (χ1v) is 5.13. The minimum atomic E-state index is 0.459. The van der Waals surface area contributed by atoms with Gasteiger partial charge in [0.25, 0.3) is 0 Å². The Hall–Kier alpha value is -1.87. The number of nitrogen functional groups attached to an aromatic ring is 1. The highest BCUT2D eigenvalue weighted by Gasteiger charge is 1.92. The first-order chi connectivity index (χ1) is 7.74. The van der Waals surface area contributed by atoms with Gasteiger partial charge in [-0.3, -0.25) is 0 Å². The molecule has 2 N–H and O–H groups in total. The number of anilines is 1. The molecule has 0 saturated heterocycles. The van der Waals surface area contributed by atoms with Crippen LogP contribution in [0, 0.1) is 0 Å². The molecule has 0 radical (unpaired) electrons. The van der Waals surface area contributed by atoms with E-state index in [1.165, 1.54) is 6.33 Å².